The fourth-order valence-electron chi connectivity index (χ4n) is 1.76. The first-order valence-electron chi connectivity index (χ1n) is 6.21. The van der Waals surface area contributed by atoms with Gasteiger partial charge in [-0.15, -0.1) is 0 Å². The summed E-state index contributed by atoms with van der Waals surface area (Å²) in [7, 11) is 1.51. The van der Waals surface area contributed by atoms with E-state index in [0.717, 1.165) is 14.6 Å². The zero-order chi connectivity index (χ0) is 16.1. The van der Waals surface area contributed by atoms with E-state index in [9.17, 15) is 4.79 Å². The van der Waals surface area contributed by atoms with Gasteiger partial charge in [0.05, 0.1) is 12.7 Å². The zero-order valence-electron chi connectivity index (χ0n) is 11.5. The van der Waals surface area contributed by atoms with Crippen LogP contribution in [0.25, 0.3) is 0 Å². The van der Waals surface area contributed by atoms with Crippen LogP contribution in [-0.4, -0.2) is 18.1 Å². The number of nitrogens with one attached hydrogen (secondary N) is 2. The summed E-state index contributed by atoms with van der Waals surface area (Å²) < 4.78 is 6.88. The van der Waals surface area contributed by atoms with Crippen LogP contribution in [0.3, 0.4) is 0 Å². The van der Waals surface area contributed by atoms with Crippen molar-refractivity contribution in [1.82, 2.24) is 5.32 Å². The first-order chi connectivity index (χ1) is 10.5. The van der Waals surface area contributed by atoms with Crippen molar-refractivity contribution in [3.63, 3.8) is 0 Å². The van der Waals surface area contributed by atoms with Gasteiger partial charge in [0.15, 0.2) is 5.11 Å². The van der Waals surface area contributed by atoms with Gasteiger partial charge >= 0.3 is 0 Å². The fraction of sp³-hybridized carbons (Fsp3) is 0.0667. The van der Waals surface area contributed by atoms with Gasteiger partial charge in [0.2, 0.25) is 0 Å². The minimum Gasteiger partial charge on any atom is -0.496 e. The van der Waals surface area contributed by atoms with E-state index in [2.05, 4.69) is 42.5 Å². The van der Waals surface area contributed by atoms with Gasteiger partial charge in [-0.05, 0) is 48.6 Å². The first-order valence-corrected chi connectivity index (χ1v) is 8.20. The van der Waals surface area contributed by atoms with E-state index in [-0.39, 0.29) is 11.0 Å². The average molecular weight is 444 g/mol. The number of ether oxygens (including phenoxy) is 1. The normalized spacial score (nSPS) is 9.95. The molecule has 0 aliphatic carbocycles. The lowest BCUT2D eigenvalue weighted by Crippen LogP contribution is -2.34. The molecule has 0 bridgehead atoms. The quantitative estimate of drug-likeness (QED) is 0.692. The van der Waals surface area contributed by atoms with Crippen LogP contribution < -0.4 is 15.4 Å². The summed E-state index contributed by atoms with van der Waals surface area (Å²) in [5, 5.41) is 5.80. The number of rotatable bonds is 3. The third kappa shape index (κ3) is 4.53. The summed E-state index contributed by atoms with van der Waals surface area (Å²) in [6.07, 6.45) is 0. The molecule has 0 radical (unpaired) electrons. The van der Waals surface area contributed by atoms with Crippen molar-refractivity contribution in [2.45, 2.75) is 0 Å². The van der Waals surface area contributed by atoms with Crippen LogP contribution in [0, 0.1) is 0 Å². The second kappa shape index (κ2) is 7.71. The average Bonchev–Trinajstić information content (AvgIpc) is 2.47. The number of methoxy groups -OCH3 is 1. The van der Waals surface area contributed by atoms with Crippen molar-refractivity contribution in [1.29, 1.82) is 0 Å². The second-order valence-electron chi connectivity index (χ2n) is 4.26. The van der Waals surface area contributed by atoms with E-state index >= 15 is 0 Å². The van der Waals surface area contributed by atoms with Gasteiger partial charge in [0.25, 0.3) is 5.91 Å². The van der Waals surface area contributed by atoms with E-state index in [1.807, 2.05) is 24.3 Å². The van der Waals surface area contributed by atoms with Gasteiger partial charge in [0, 0.05) is 14.6 Å². The first kappa shape index (κ1) is 16.9. The van der Waals surface area contributed by atoms with Crippen molar-refractivity contribution >= 4 is 60.8 Å². The molecule has 114 valence electrons. The smallest absolute Gasteiger partial charge is 0.261 e. The molecule has 4 nitrogen and oxygen atoms in total. The zero-order valence-corrected chi connectivity index (χ0v) is 15.5. The number of carbonyl (C=O) groups excluding carboxylic acids is 1. The summed E-state index contributed by atoms with van der Waals surface area (Å²) in [5.74, 6) is 0.136. The minimum atomic E-state index is -0.342. The number of halogens is 2. The predicted octanol–water partition coefficient (Wildman–Crippen LogP) is 4.35. The molecule has 0 fully saturated rings. The van der Waals surface area contributed by atoms with E-state index in [1.165, 1.54) is 7.11 Å². The number of anilines is 1. The Morgan fingerprint density at radius 3 is 2.55 bits per heavy atom. The molecule has 0 aliphatic heterocycles. The van der Waals surface area contributed by atoms with Gasteiger partial charge < -0.3 is 10.1 Å². The highest BCUT2D eigenvalue weighted by molar-refractivity contribution is 9.10. The Hall–Kier alpha value is -1.44. The van der Waals surface area contributed by atoms with E-state index < -0.39 is 0 Å². The molecule has 0 saturated heterocycles. The number of benzene rings is 2. The number of amides is 1. The molecule has 0 unspecified atom stereocenters. The van der Waals surface area contributed by atoms with Crippen LogP contribution in [0.5, 0.6) is 5.75 Å². The van der Waals surface area contributed by atoms with Crippen LogP contribution >= 0.6 is 44.1 Å². The largest absolute Gasteiger partial charge is 0.496 e. The Balaban J connectivity index is 2.08. The number of hydrogen-bond donors (Lipinski definition) is 2. The Kier molecular flexibility index (Phi) is 5.93. The van der Waals surface area contributed by atoms with Crippen LogP contribution in [0.4, 0.5) is 5.69 Å². The van der Waals surface area contributed by atoms with Crippen molar-refractivity contribution < 1.29 is 9.53 Å². The topological polar surface area (TPSA) is 50.4 Å². The monoisotopic (exact) mass is 442 g/mol. The Bertz CT molecular complexity index is 722. The molecule has 0 spiro atoms. The molecule has 2 rings (SSSR count). The molecule has 0 aliphatic rings. The van der Waals surface area contributed by atoms with Gasteiger partial charge in [-0.1, -0.05) is 37.9 Å². The third-order valence-electron chi connectivity index (χ3n) is 2.72. The van der Waals surface area contributed by atoms with E-state index in [0.29, 0.717) is 11.3 Å². The molecular weight excluding hydrogens is 432 g/mol. The Labute approximate surface area is 150 Å². The van der Waals surface area contributed by atoms with Gasteiger partial charge in [-0.2, -0.15) is 0 Å². The molecule has 2 N–H and O–H groups in total. The lowest BCUT2D eigenvalue weighted by molar-refractivity contribution is 0.0974. The third-order valence-corrected chi connectivity index (χ3v) is 3.91. The summed E-state index contributed by atoms with van der Waals surface area (Å²) >= 11 is 11.9. The van der Waals surface area contributed by atoms with Crippen molar-refractivity contribution in [2.75, 3.05) is 12.4 Å². The van der Waals surface area contributed by atoms with Crippen LogP contribution in [0.15, 0.2) is 51.4 Å². The van der Waals surface area contributed by atoms with Gasteiger partial charge in [0.1, 0.15) is 5.75 Å². The molecule has 0 heterocycles. The lowest BCUT2D eigenvalue weighted by Gasteiger charge is -2.12. The Morgan fingerprint density at radius 2 is 1.86 bits per heavy atom. The van der Waals surface area contributed by atoms with Crippen molar-refractivity contribution in [2.24, 2.45) is 0 Å². The summed E-state index contributed by atoms with van der Waals surface area (Å²) in [6.45, 7) is 0. The van der Waals surface area contributed by atoms with Crippen LogP contribution in [0.1, 0.15) is 10.4 Å². The molecule has 0 aromatic heterocycles. The van der Waals surface area contributed by atoms with Crippen LogP contribution in [-0.2, 0) is 0 Å². The Morgan fingerprint density at radius 1 is 1.14 bits per heavy atom. The summed E-state index contributed by atoms with van der Waals surface area (Å²) in [6, 6.07) is 12.7. The maximum absolute atomic E-state index is 12.3. The van der Waals surface area contributed by atoms with Crippen molar-refractivity contribution in [3.05, 3.63) is 57.0 Å². The van der Waals surface area contributed by atoms with Gasteiger partial charge in [-0.3, -0.25) is 10.1 Å². The van der Waals surface area contributed by atoms with E-state index in [4.69, 9.17) is 17.0 Å². The summed E-state index contributed by atoms with van der Waals surface area (Å²) in [4.78, 5) is 12.3. The van der Waals surface area contributed by atoms with E-state index in [1.54, 1.807) is 18.2 Å². The molecule has 0 saturated carbocycles. The highest BCUT2D eigenvalue weighted by Crippen LogP contribution is 2.23. The predicted molar refractivity (Wildman–Crippen MR) is 98.5 cm³/mol. The highest BCUT2D eigenvalue weighted by atomic mass is 79.9. The van der Waals surface area contributed by atoms with Gasteiger partial charge in [-0.25, -0.2) is 0 Å². The standard InChI is InChI=1S/C15H12Br2N2O2S/c1-21-13-6-5-10(17)8-12(13)14(20)19-15(22)18-11-4-2-3-9(16)7-11/h2-8H,1H3,(H2,18,19,20,22). The fourth-order valence-corrected chi connectivity index (χ4v) is 2.73. The second-order valence-corrected chi connectivity index (χ2v) is 6.50. The molecule has 7 heteroatoms. The molecular formula is C15H12Br2N2O2S. The lowest BCUT2D eigenvalue weighted by atomic mass is 10.2. The number of thiocarbonyl (C=S) groups is 1. The van der Waals surface area contributed by atoms with Crippen LogP contribution in [0.2, 0.25) is 0 Å². The molecule has 0 atom stereocenters. The highest BCUT2D eigenvalue weighted by Gasteiger charge is 2.14. The SMILES string of the molecule is COc1ccc(Br)cc1C(=O)NC(=S)Nc1cccc(Br)c1. The molecule has 22 heavy (non-hydrogen) atoms. The number of carbonyl (C=O) groups is 1. The minimum absolute atomic E-state index is 0.213. The van der Waals surface area contributed by atoms with Crippen molar-refractivity contribution in [3.8, 4) is 5.75 Å². The maximum atomic E-state index is 12.3. The molecule has 2 aromatic rings. The molecule has 1 amide bonds. The maximum Gasteiger partial charge on any atom is 0.261 e. The molecule has 2 aromatic carbocycles. The summed E-state index contributed by atoms with van der Waals surface area (Å²) in [5.41, 5.74) is 1.18. The number of hydrogen-bond acceptors (Lipinski definition) is 3.